The highest BCUT2D eigenvalue weighted by atomic mass is 16.6. The van der Waals surface area contributed by atoms with Gasteiger partial charge in [-0.15, -0.1) is 0 Å². The average molecular weight is 671 g/mol. The van der Waals surface area contributed by atoms with E-state index < -0.39 is 6.10 Å². The van der Waals surface area contributed by atoms with Crippen LogP contribution in [0.3, 0.4) is 0 Å². The van der Waals surface area contributed by atoms with Crippen LogP contribution in [0.1, 0.15) is 181 Å². The Hall–Kier alpha value is -2.40. The van der Waals surface area contributed by atoms with Gasteiger partial charge in [-0.3, -0.25) is 9.59 Å². The number of esters is 2. The maximum Gasteiger partial charge on any atom is 0.306 e. The van der Waals surface area contributed by atoms with Crippen molar-refractivity contribution in [1.29, 1.82) is 0 Å². The standard InChI is InChI=1S/C43H74O5/c1-3-5-7-9-11-13-15-17-19-20-21-22-24-25-27-29-31-33-35-37-42(45)47-40-41(39-44)48-43(46)38-36-34-32-30-28-26-23-18-16-14-12-10-8-6-4-2/h11,13,17-19,21-23,25,27,41,44H,3-10,12,14-16,20,24,26,28-40H2,1-2H3. The number of carbonyl (C=O) groups is 2. The van der Waals surface area contributed by atoms with Gasteiger partial charge in [0.1, 0.15) is 6.61 Å². The SMILES string of the molecule is CCCCCC=CCC=CCC=CCC=CCCCCCC(=O)OCC(CO)OC(=O)CCCCCCCC=CCCCCCCCC. The van der Waals surface area contributed by atoms with Crippen LogP contribution in [0.2, 0.25) is 0 Å². The molecule has 0 saturated heterocycles. The molecule has 48 heavy (non-hydrogen) atoms. The molecule has 276 valence electrons. The number of ether oxygens (including phenoxy) is 2. The van der Waals surface area contributed by atoms with E-state index in [0.29, 0.717) is 12.8 Å². The molecule has 5 heteroatoms. The minimum Gasteiger partial charge on any atom is -0.462 e. The van der Waals surface area contributed by atoms with Gasteiger partial charge >= 0.3 is 11.9 Å². The molecule has 0 aliphatic rings. The van der Waals surface area contributed by atoms with Crippen LogP contribution in [0.15, 0.2) is 60.8 Å². The van der Waals surface area contributed by atoms with Gasteiger partial charge in [-0.1, -0.05) is 145 Å². The predicted octanol–water partition coefficient (Wildman–Crippen LogP) is 12.4. The van der Waals surface area contributed by atoms with E-state index in [2.05, 4.69) is 74.6 Å². The number of rotatable bonds is 35. The number of hydrogen-bond acceptors (Lipinski definition) is 5. The number of allylic oxidation sites excluding steroid dienone is 10. The molecule has 0 aliphatic carbocycles. The first-order valence-corrected chi connectivity index (χ1v) is 19.8. The summed E-state index contributed by atoms with van der Waals surface area (Å²) < 4.78 is 10.6. The Kier molecular flexibility index (Phi) is 37.1. The zero-order chi connectivity index (χ0) is 35.0. The normalized spacial score (nSPS) is 12.8. The summed E-state index contributed by atoms with van der Waals surface area (Å²) >= 11 is 0. The predicted molar refractivity (Wildman–Crippen MR) is 205 cm³/mol. The molecule has 0 fully saturated rings. The fraction of sp³-hybridized carbons (Fsp3) is 0.721. The van der Waals surface area contributed by atoms with Crippen molar-refractivity contribution in [3.8, 4) is 0 Å². The molecule has 0 aromatic heterocycles. The molecular formula is C43H74O5. The lowest BCUT2D eigenvalue weighted by atomic mass is 10.1. The van der Waals surface area contributed by atoms with Crippen molar-refractivity contribution in [2.24, 2.45) is 0 Å². The molecule has 1 N–H and O–H groups in total. The van der Waals surface area contributed by atoms with Crippen LogP contribution in [0.25, 0.3) is 0 Å². The summed E-state index contributed by atoms with van der Waals surface area (Å²) in [5.41, 5.74) is 0. The third-order valence-electron chi connectivity index (χ3n) is 8.28. The number of aliphatic hydroxyl groups excluding tert-OH is 1. The van der Waals surface area contributed by atoms with Crippen molar-refractivity contribution in [1.82, 2.24) is 0 Å². The van der Waals surface area contributed by atoms with Gasteiger partial charge < -0.3 is 14.6 Å². The van der Waals surface area contributed by atoms with E-state index in [-0.39, 0.29) is 25.2 Å². The molecule has 0 aromatic carbocycles. The largest absolute Gasteiger partial charge is 0.462 e. The maximum atomic E-state index is 12.2. The minimum atomic E-state index is -0.790. The number of carbonyl (C=O) groups excluding carboxylic acids is 2. The van der Waals surface area contributed by atoms with Crippen molar-refractivity contribution < 1.29 is 24.2 Å². The molecule has 0 amide bonds. The van der Waals surface area contributed by atoms with Crippen LogP contribution >= 0.6 is 0 Å². The van der Waals surface area contributed by atoms with E-state index in [1.54, 1.807) is 0 Å². The number of aliphatic hydroxyl groups is 1. The molecule has 0 saturated carbocycles. The van der Waals surface area contributed by atoms with Crippen LogP contribution in [0.5, 0.6) is 0 Å². The van der Waals surface area contributed by atoms with E-state index in [4.69, 9.17) is 9.47 Å². The van der Waals surface area contributed by atoms with Crippen LogP contribution in [-0.4, -0.2) is 36.4 Å². The van der Waals surface area contributed by atoms with Crippen LogP contribution in [-0.2, 0) is 19.1 Å². The van der Waals surface area contributed by atoms with Crippen LogP contribution in [0, 0.1) is 0 Å². The third kappa shape index (κ3) is 36.4. The summed E-state index contributed by atoms with van der Waals surface area (Å²) in [4.78, 5) is 24.2. The zero-order valence-electron chi connectivity index (χ0n) is 31.2. The van der Waals surface area contributed by atoms with Gasteiger partial charge in [-0.05, 0) is 83.5 Å². The molecule has 0 heterocycles. The fourth-order valence-electron chi connectivity index (χ4n) is 5.24. The van der Waals surface area contributed by atoms with Gasteiger partial charge in [-0.25, -0.2) is 0 Å². The first-order chi connectivity index (χ1) is 23.6. The number of hydrogen-bond donors (Lipinski definition) is 1. The second-order valence-corrected chi connectivity index (χ2v) is 13.0. The molecule has 1 atom stereocenters. The highest BCUT2D eigenvalue weighted by molar-refractivity contribution is 5.70. The van der Waals surface area contributed by atoms with Crippen molar-refractivity contribution in [3.63, 3.8) is 0 Å². The summed E-state index contributed by atoms with van der Waals surface area (Å²) in [7, 11) is 0. The molecule has 0 rings (SSSR count). The summed E-state index contributed by atoms with van der Waals surface area (Å²) in [5.74, 6) is -0.640. The second-order valence-electron chi connectivity index (χ2n) is 13.0. The highest BCUT2D eigenvalue weighted by Gasteiger charge is 2.16. The van der Waals surface area contributed by atoms with Crippen molar-refractivity contribution in [3.05, 3.63) is 60.8 Å². The van der Waals surface area contributed by atoms with E-state index in [1.807, 2.05) is 0 Å². The summed E-state index contributed by atoms with van der Waals surface area (Å²) in [6.45, 7) is 4.06. The Morgan fingerprint density at radius 1 is 0.479 bits per heavy atom. The zero-order valence-corrected chi connectivity index (χ0v) is 31.2. The van der Waals surface area contributed by atoms with Gasteiger partial charge in [0, 0.05) is 12.8 Å². The molecule has 5 nitrogen and oxygen atoms in total. The van der Waals surface area contributed by atoms with E-state index in [1.165, 1.54) is 83.5 Å². The topological polar surface area (TPSA) is 72.8 Å². The second kappa shape index (κ2) is 39.0. The Balaban J connectivity index is 3.66. The summed E-state index contributed by atoms with van der Waals surface area (Å²) in [6, 6.07) is 0. The third-order valence-corrected chi connectivity index (χ3v) is 8.28. The smallest absolute Gasteiger partial charge is 0.306 e. The molecule has 0 bridgehead atoms. The Morgan fingerprint density at radius 3 is 1.33 bits per heavy atom. The Bertz CT molecular complexity index is 853. The van der Waals surface area contributed by atoms with Crippen LogP contribution in [0.4, 0.5) is 0 Å². The minimum absolute atomic E-state index is 0.0876. The van der Waals surface area contributed by atoms with E-state index >= 15 is 0 Å². The lowest BCUT2D eigenvalue weighted by molar-refractivity contribution is -0.161. The molecular weight excluding hydrogens is 596 g/mol. The van der Waals surface area contributed by atoms with Crippen molar-refractivity contribution in [2.75, 3.05) is 13.2 Å². The summed E-state index contributed by atoms with van der Waals surface area (Å²) in [6.07, 6.45) is 49.9. The Labute approximate surface area is 296 Å². The maximum absolute atomic E-state index is 12.2. The van der Waals surface area contributed by atoms with Gasteiger partial charge in [-0.2, -0.15) is 0 Å². The van der Waals surface area contributed by atoms with Crippen molar-refractivity contribution in [2.45, 2.75) is 187 Å². The average Bonchev–Trinajstić information content (AvgIpc) is 3.09. The fourth-order valence-corrected chi connectivity index (χ4v) is 5.24. The molecule has 0 aromatic rings. The monoisotopic (exact) mass is 671 g/mol. The number of unbranched alkanes of at least 4 members (excludes halogenated alkanes) is 17. The summed E-state index contributed by atoms with van der Waals surface area (Å²) in [5, 5.41) is 9.55. The van der Waals surface area contributed by atoms with Gasteiger partial charge in [0.05, 0.1) is 6.61 Å². The molecule has 1 unspecified atom stereocenters. The van der Waals surface area contributed by atoms with E-state index in [0.717, 1.165) is 70.6 Å². The molecule has 0 aliphatic heterocycles. The van der Waals surface area contributed by atoms with E-state index in [9.17, 15) is 14.7 Å². The van der Waals surface area contributed by atoms with Gasteiger partial charge in [0.2, 0.25) is 0 Å². The molecule has 0 radical (unpaired) electrons. The van der Waals surface area contributed by atoms with Crippen molar-refractivity contribution >= 4 is 11.9 Å². The first-order valence-electron chi connectivity index (χ1n) is 19.8. The Morgan fingerprint density at radius 2 is 0.833 bits per heavy atom. The lowest BCUT2D eigenvalue weighted by Gasteiger charge is -2.15. The van der Waals surface area contributed by atoms with Crippen LogP contribution < -0.4 is 0 Å². The highest BCUT2D eigenvalue weighted by Crippen LogP contribution is 2.11. The quantitative estimate of drug-likeness (QED) is 0.0413. The first kappa shape index (κ1) is 45.6. The van der Waals surface area contributed by atoms with Gasteiger partial charge in [0.15, 0.2) is 6.10 Å². The lowest BCUT2D eigenvalue weighted by Crippen LogP contribution is -2.28. The van der Waals surface area contributed by atoms with Gasteiger partial charge in [0.25, 0.3) is 0 Å². The molecule has 0 spiro atoms.